The molecule has 0 aromatic heterocycles. The van der Waals surface area contributed by atoms with E-state index in [2.05, 4.69) is 20.8 Å². The molecule has 0 saturated carbocycles. The normalized spacial score (nSPS) is 10.9. The molecule has 6 heteroatoms. The average Bonchev–Trinajstić information content (AvgIpc) is 2.40. The number of nitrogens with zero attached hydrogens (tertiary/aromatic N) is 2. The van der Waals surface area contributed by atoms with E-state index in [-0.39, 0.29) is 10.6 Å². The van der Waals surface area contributed by atoms with E-state index in [4.69, 9.17) is 11.6 Å². The van der Waals surface area contributed by atoms with E-state index in [0.717, 1.165) is 17.7 Å². The summed E-state index contributed by atoms with van der Waals surface area (Å²) in [6.07, 6.45) is 0. The van der Waals surface area contributed by atoms with Gasteiger partial charge in [-0.3, -0.25) is 15.0 Å². The van der Waals surface area contributed by atoms with Crippen LogP contribution >= 0.6 is 27.5 Å². The van der Waals surface area contributed by atoms with Crippen molar-refractivity contribution in [3.8, 4) is 0 Å². The van der Waals surface area contributed by atoms with Gasteiger partial charge < -0.3 is 0 Å². The lowest BCUT2D eigenvalue weighted by atomic mass is 10.1. The van der Waals surface area contributed by atoms with Gasteiger partial charge >= 0.3 is 0 Å². The van der Waals surface area contributed by atoms with Crippen LogP contribution in [0.1, 0.15) is 11.1 Å². The largest absolute Gasteiger partial charge is 0.298 e. The Kier molecular flexibility index (Phi) is 5.33. The molecule has 0 spiro atoms. The second-order valence-electron chi connectivity index (χ2n) is 4.85. The fourth-order valence-electron chi connectivity index (χ4n) is 2.11. The zero-order chi connectivity index (χ0) is 15.4. The smallest absolute Gasteiger partial charge is 0.283 e. The summed E-state index contributed by atoms with van der Waals surface area (Å²) in [5.41, 5.74) is 2.09. The van der Waals surface area contributed by atoms with Crippen molar-refractivity contribution in [2.24, 2.45) is 0 Å². The first kappa shape index (κ1) is 15.9. The van der Waals surface area contributed by atoms with Crippen LogP contribution < -0.4 is 0 Å². The molecule has 0 saturated heterocycles. The summed E-state index contributed by atoms with van der Waals surface area (Å²) in [6.45, 7) is 1.35. The number of hydrogen-bond acceptors (Lipinski definition) is 3. The molecule has 21 heavy (non-hydrogen) atoms. The van der Waals surface area contributed by atoms with Crippen LogP contribution in [0.15, 0.2) is 46.9 Å². The Morgan fingerprint density at radius 2 is 1.86 bits per heavy atom. The SMILES string of the molecule is CN(Cc1cccc(Cl)c1)Cc1ccc(Br)c([N+](=O)[O-])c1. The fourth-order valence-corrected chi connectivity index (χ4v) is 2.72. The number of nitro benzene ring substituents is 1. The van der Waals surface area contributed by atoms with E-state index in [1.54, 1.807) is 12.1 Å². The molecule has 0 aliphatic rings. The number of rotatable bonds is 5. The Morgan fingerprint density at radius 3 is 2.48 bits per heavy atom. The van der Waals surface area contributed by atoms with Gasteiger partial charge in [-0.1, -0.05) is 29.8 Å². The molecule has 2 rings (SSSR count). The van der Waals surface area contributed by atoms with Crippen molar-refractivity contribution in [3.63, 3.8) is 0 Å². The highest BCUT2D eigenvalue weighted by Gasteiger charge is 2.13. The number of hydrogen-bond donors (Lipinski definition) is 0. The van der Waals surface area contributed by atoms with Crippen molar-refractivity contribution in [1.82, 2.24) is 4.90 Å². The summed E-state index contributed by atoms with van der Waals surface area (Å²) in [7, 11) is 1.97. The molecule has 0 bridgehead atoms. The molecule has 2 aromatic carbocycles. The van der Waals surface area contributed by atoms with Gasteiger partial charge in [0.2, 0.25) is 0 Å². The van der Waals surface area contributed by atoms with Crippen molar-refractivity contribution in [2.75, 3.05) is 7.05 Å². The summed E-state index contributed by atoms with van der Waals surface area (Å²) in [4.78, 5) is 12.6. The van der Waals surface area contributed by atoms with Gasteiger partial charge in [-0.25, -0.2) is 0 Å². The highest BCUT2D eigenvalue weighted by Crippen LogP contribution is 2.26. The Labute approximate surface area is 136 Å². The average molecular weight is 370 g/mol. The van der Waals surface area contributed by atoms with Crippen LogP contribution in [0.5, 0.6) is 0 Å². The van der Waals surface area contributed by atoms with Gasteiger partial charge in [0.25, 0.3) is 5.69 Å². The van der Waals surface area contributed by atoms with Crippen molar-refractivity contribution >= 4 is 33.2 Å². The zero-order valence-corrected chi connectivity index (χ0v) is 13.8. The van der Waals surface area contributed by atoms with E-state index in [9.17, 15) is 10.1 Å². The zero-order valence-electron chi connectivity index (χ0n) is 11.4. The first-order valence-electron chi connectivity index (χ1n) is 6.31. The van der Waals surface area contributed by atoms with Crippen molar-refractivity contribution < 1.29 is 4.92 Å². The Hall–Kier alpha value is -1.43. The third kappa shape index (κ3) is 4.52. The predicted octanol–water partition coefficient (Wildman–Crippen LogP) is 4.64. The van der Waals surface area contributed by atoms with Gasteiger partial charge in [0, 0.05) is 24.2 Å². The van der Waals surface area contributed by atoms with Crippen molar-refractivity contribution in [1.29, 1.82) is 0 Å². The van der Waals surface area contributed by atoms with Crippen LogP contribution in [0.2, 0.25) is 5.02 Å². The summed E-state index contributed by atoms with van der Waals surface area (Å²) in [5.74, 6) is 0. The molecule has 0 heterocycles. The standard InChI is InChI=1S/C15H14BrClN2O2/c1-18(9-11-3-2-4-13(17)7-11)10-12-5-6-14(16)15(8-12)19(20)21/h2-8H,9-10H2,1H3. The first-order valence-corrected chi connectivity index (χ1v) is 7.48. The van der Waals surface area contributed by atoms with Gasteiger partial charge in [-0.05, 0) is 52.3 Å². The van der Waals surface area contributed by atoms with Crippen LogP contribution in [0.25, 0.3) is 0 Å². The minimum Gasteiger partial charge on any atom is -0.298 e. The molecule has 0 atom stereocenters. The van der Waals surface area contributed by atoms with Crippen LogP contribution in [0.3, 0.4) is 0 Å². The molecule has 0 unspecified atom stereocenters. The maximum absolute atomic E-state index is 10.9. The van der Waals surface area contributed by atoms with Gasteiger partial charge in [0.05, 0.1) is 9.40 Å². The Balaban J connectivity index is 2.07. The lowest BCUT2D eigenvalue weighted by Crippen LogP contribution is -2.17. The van der Waals surface area contributed by atoms with E-state index in [1.165, 1.54) is 0 Å². The van der Waals surface area contributed by atoms with E-state index >= 15 is 0 Å². The highest BCUT2D eigenvalue weighted by molar-refractivity contribution is 9.10. The molecule has 0 radical (unpaired) electrons. The molecule has 0 N–H and O–H groups in total. The third-order valence-corrected chi connectivity index (χ3v) is 3.91. The fraction of sp³-hybridized carbons (Fsp3) is 0.200. The molecular weight excluding hydrogens is 356 g/mol. The molecule has 0 amide bonds. The minimum absolute atomic E-state index is 0.0867. The molecule has 2 aromatic rings. The van der Waals surface area contributed by atoms with Crippen LogP contribution in [-0.2, 0) is 13.1 Å². The van der Waals surface area contributed by atoms with E-state index in [0.29, 0.717) is 16.0 Å². The van der Waals surface area contributed by atoms with Gasteiger partial charge in [-0.2, -0.15) is 0 Å². The number of benzene rings is 2. The number of halogens is 2. The molecule has 4 nitrogen and oxygen atoms in total. The Morgan fingerprint density at radius 1 is 1.19 bits per heavy atom. The second kappa shape index (κ2) is 7.02. The third-order valence-electron chi connectivity index (χ3n) is 3.00. The van der Waals surface area contributed by atoms with Crippen LogP contribution in [-0.4, -0.2) is 16.9 Å². The highest BCUT2D eigenvalue weighted by atomic mass is 79.9. The van der Waals surface area contributed by atoms with Crippen LogP contribution in [0.4, 0.5) is 5.69 Å². The summed E-state index contributed by atoms with van der Waals surface area (Å²) >= 11 is 9.15. The molecule has 0 fully saturated rings. The molecular formula is C15H14BrClN2O2. The molecule has 0 aliphatic carbocycles. The van der Waals surface area contributed by atoms with Crippen molar-refractivity contribution in [2.45, 2.75) is 13.1 Å². The summed E-state index contributed by atoms with van der Waals surface area (Å²) in [6, 6.07) is 12.9. The minimum atomic E-state index is -0.384. The van der Waals surface area contributed by atoms with Gasteiger partial charge in [0.15, 0.2) is 0 Å². The van der Waals surface area contributed by atoms with Crippen molar-refractivity contribution in [3.05, 3.63) is 73.2 Å². The molecule has 110 valence electrons. The summed E-state index contributed by atoms with van der Waals surface area (Å²) < 4.78 is 0.494. The maximum Gasteiger partial charge on any atom is 0.283 e. The van der Waals surface area contributed by atoms with Crippen LogP contribution in [0, 0.1) is 10.1 Å². The first-order chi connectivity index (χ1) is 9.95. The van der Waals surface area contributed by atoms with Gasteiger partial charge in [0.1, 0.15) is 0 Å². The lowest BCUT2D eigenvalue weighted by molar-refractivity contribution is -0.385. The summed E-state index contributed by atoms with van der Waals surface area (Å²) in [5, 5.41) is 11.6. The second-order valence-corrected chi connectivity index (χ2v) is 6.14. The predicted molar refractivity (Wildman–Crippen MR) is 87.4 cm³/mol. The quantitative estimate of drug-likeness (QED) is 0.569. The van der Waals surface area contributed by atoms with Gasteiger partial charge in [-0.15, -0.1) is 0 Å². The number of nitro groups is 1. The monoisotopic (exact) mass is 368 g/mol. The lowest BCUT2D eigenvalue weighted by Gasteiger charge is -2.17. The topological polar surface area (TPSA) is 46.4 Å². The molecule has 0 aliphatic heterocycles. The van der Waals surface area contributed by atoms with E-state index in [1.807, 2.05) is 37.4 Å². The van der Waals surface area contributed by atoms with E-state index < -0.39 is 0 Å². The maximum atomic E-state index is 10.9. The Bertz CT molecular complexity index is 664.